The minimum absolute atomic E-state index is 0.235. The van der Waals surface area contributed by atoms with Gasteiger partial charge in [-0.3, -0.25) is 4.79 Å². The van der Waals surface area contributed by atoms with Gasteiger partial charge in [0, 0.05) is 18.2 Å². The molecule has 1 atom stereocenters. The van der Waals surface area contributed by atoms with Crippen molar-refractivity contribution in [2.75, 3.05) is 13.7 Å². The number of carbonyl (C=O) groups is 2. The second-order valence-corrected chi connectivity index (χ2v) is 4.23. The van der Waals surface area contributed by atoms with Gasteiger partial charge in [0.1, 0.15) is 11.5 Å². The fraction of sp³-hybridized carbons (Fsp3) is 0.333. The van der Waals surface area contributed by atoms with Gasteiger partial charge in [-0.2, -0.15) is 0 Å². The molecule has 21 heavy (non-hydrogen) atoms. The Morgan fingerprint density at radius 1 is 1.43 bits per heavy atom. The zero-order valence-corrected chi connectivity index (χ0v) is 12.3. The molecule has 1 aromatic rings. The van der Waals surface area contributed by atoms with Crippen molar-refractivity contribution >= 4 is 18.0 Å². The Labute approximate surface area is 123 Å². The van der Waals surface area contributed by atoms with Crippen LogP contribution in [0.1, 0.15) is 19.4 Å². The molecule has 0 aromatic heterocycles. The fourth-order valence-electron chi connectivity index (χ4n) is 1.61. The van der Waals surface area contributed by atoms with E-state index in [9.17, 15) is 9.59 Å². The number of carboxylic acids is 1. The standard InChI is InChI=1S/C15H19NO5/c1-4-16-15(19)10(2)21-13-7-6-12(20-3)9-11(13)5-8-14(17)18/h5-10H,4H2,1-3H3,(H,16,19)(H,17,18)/b8-5+. The van der Waals surface area contributed by atoms with Gasteiger partial charge in [0.05, 0.1) is 7.11 Å². The number of rotatable bonds is 7. The van der Waals surface area contributed by atoms with Gasteiger partial charge in [-0.05, 0) is 38.1 Å². The van der Waals surface area contributed by atoms with Crippen molar-refractivity contribution in [3.63, 3.8) is 0 Å². The summed E-state index contributed by atoms with van der Waals surface area (Å²) >= 11 is 0. The first-order valence-electron chi connectivity index (χ1n) is 6.51. The van der Waals surface area contributed by atoms with Gasteiger partial charge in [0.25, 0.3) is 5.91 Å². The van der Waals surface area contributed by atoms with Gasteiger partial charge in [-0.1, -0.05) is 0 Å². The smallest absolute Gasteiger partial charge is 0.328 e. The number of carbonyl (C=O) groups excluding carboxylic acids is 1. The molecule has 0 bridgehead atoms. The van der Waals surface area contributed by atoms with E-state index in [0.29, 0.717) is 23.6 Å². The van der Waals surface area contributed by atoms with Gasteiger partial charge in [0.2, 0.25) is 0 Å². The maximum absolute atomic E-state index is 11.7. The number of aliphatic carboxylic acids is 1. The molecule has 0 radical (unpaired) electrons. The summed E-state index contributed by atoms with van der Waals surface area (Å²) in [5.41, 5.74) is 0.521. The Morgan fingerprint density at radius 2 is 2.14 bits per heavy atom. The highest BCUT2D eigenvalue weighted by atomic mass is 16.5. The summed E-state index contributed by atoms with van der Waals surface area (Å²) in [6.45, 7) is 3.96. The average Bonchev–Trinajstić information content (AvgIpc) is 2.46. The van der Waals surface area contributed by atoms with Crippen LogP contribution in [0.5, 0.6) is 11.5 Å². The van der Waals surface area contributed by atoms with E-state index < -0.39 is 12.1 Å². The largest absolute Gasteiger partial charge is 0.497 e. The lowest BCUT2D eigenvalue weighted by Crippen LogP contribution is -2.36. The van der Waals surface area contributed by atoms with Gasteiger partial charge in [-0.15, -0.1) is 0 Å². The van der Waals surface area contributed by atoms with Crippen molar-refractivity contribution in [3.05, 3.63) is 29.8 Å². The van der Waals surface area contributed by atoms with Crippen LogP contribution in [-0.2, 0) is 9.59 Å². The molecule has 1 unspecified atom stereocenters. The number of carboxylic acid groups (broad SMARTS) is 1. The van der Waals surface area contributed by atoms with E-state index in [0.717, 1.165) is 6.08 Å². The quantitative estimate of drug-likeness (QED) is 0.747. The number of hydrogen-bond acceptors (Lipinski definition) is 4. The summed E-state index contributed by atoms with van der Waals surface area (Å²) in [7, 11) is 1.51. The molecule has 1 aromatic carbocycles. The van der Waals surface area contributed by atoms with Crippen LogP contribution in [0.15, 0.2) is 24.3 Å². The molecule has 1 amide bonds. The molecule has 0 spiro atoms. The predicted molar refractivity (Wildman–Crippen MR) is 78.4 cm³/mol. The molecule has 0 aliphatic rings. The molecule has 0 saturated heterocycles. The molecule has 0 aliphatic heterocycles. The summed E-state index contributed by atoms with van der Waals surface area (Å²) in [5.74, 6) is -0.327. The fourth-order valence-corrected chi connectivity index (χ4v) is 1.61. The molecule has 0 fully saturated rings. The molecular weight excluding hydrogens is 274 g/mol. The van der Waals surface area contributed by atoms with Crippen molar-refractivity contribution in [3.8, 4) is 11.5 Å². The van der Waals surface area contributed by atoms with Gasteiger partial charge in [-0.25, -0.2) is 4.79 Å². The predicted octanol–water partition coefficient (Wildman–Crippen LogP) is 1.70. The Hall–Kier alpha value is -2.50. The highest BCUT2D eigenvalue weighted by molar-refractivity contribution is 5.86. The van der Waals surface area contributed by atoms with Crippen molar-refractivity contribution in [1.29, 1.82) is 0 Å². The lowest BCUT2D eigenvalue weighted by Gasteiger charge is -2.16. The summed E-state index contributed by atoms with van der Waals surface area (Å²) in [6.07, 6.45) is 1.71. The number of amides is 1. The van der Waals surface area contributed by atoms with Gasteiger partial charge in [0.15, 0.2) is 6.10 Å². The van der Waals surface area contributed by atoms with E-state index in [-0.39, 0.29) is 5.91 Å². The van der Waals surface area contributed by atoms with Crippen LogP contribution in [0.4, 0.5) is 0 Å². The lowest BCUT2D eigenvalue weighted by molar-refractivity contribution is -0.131. The minimum atomic E-state index is -1.07. The minimum Gasteiger partial charge on any atom is -0.497 e. The van der Waals surface area contributed by atoms with Gasteiger partial charge < -0.3 is 19.9 Å². The molecule has 0 saturated carbocycles. The first-order chi connectivity index (χ1) is 9.97. The molecule has 0 aliphatic carbocycles. The van der Waals surface area contributed by atoms with E-state index >= 15 is 0 Å². The monoisotopic (exact) mass is 293 g/mol. The van der Waals surface area contributed by atoms with Crippen LogP contribution in [-0.4, -0.2) is 36.7 Å². The summed E-state index contributed by atoms with van der Waals surface area (Å²) < 4.78 is 10.7. The third-order valence-corrected chi connectivity index (χ3v) is 2.65. The molecule has 0 heterocycles. The van der Waals surface area contributed by atoms with Crippen molar-refractivity contribution in [2.45, 2.75) is 20.0 Å². The lowest BCUT2D eigenvalue weighted by atomic mass is 10.1. The Kier molecular flexibility index (Phi) is 6.26. The number of likely N-dealkylation sites (N-methyl/N-ethyl adjacent to an activating group) is 1. The normalized spacial score (nSPS) is 12.0. The van der Waals surface area contributed by atoms with E-state index in [2.05, 4.69) is 5.32 Å². The van der Waals surface area contributed by atoms with Crippen LogP contribution < -0.4 is 14.8 Å². The first kappa shape index (κ1) is 16.6. The molecule has 6 nitrogen and oxygen atoms in total. The highest BCUT2D eigenvalue weighted by Crippen LogP contribution is 2.26. The maximum atomic E-state index is 11.7. The molecule has 2 N–H and O–H groups in total. The number of benzene rings is 1. The maximum Gasteiger partial charge on any atom is 0.328 e. The number of methoxy groups -OCH3 is 1. The van der Waals surface area contributed by atoms with Crippen molar-refractivity contribution < 1.29 is 24.2 Å². The Bertz CT molecular complexity index is 539. The molecular formula is C15H19NO5. The molecule has 114 valence electrons. The van der Waals surface area contributed by atoms with Crippen molar-refractivity contribution in [1.82, 2.24) is 5.32 Å². The first-order valence-corrected chi connectivity index (χ1v) is 6.51. The van der Waals surface area contributed by atoms with Gasteiger partial charge >= 0.3 is 5.97 Å². The van der Waals surface area contributed by atoms with E-state index in [1.807, 2.05) is 6.92 Å². The van der Waals surface area contributed by atoms with E-state index in [4.69, 9.17) is 14.6 Å². The van der Waals surface area contributed by atoms with Crippen LogP contribution in [0.3, 0.4) is 0 Å². The Balaban J connectivity index is 2.99. The Morgan fingerprint density at radius 3 is 2.71 bits per heavy atom. The number of nitrogens with one attached hydrogen (secondary N) is 1. The van der Waals surface area contributed by atoms with E-state index in [1.54, 1.807) is 25.1 Å². The zero-order valence-electron chi connectivity index (χ0n) is 12.3. The second kappa shape index (κ2) is 7.94. The third kappa shape index (κ3) is 5.18. The van der Waals surface area contributed by atoms with E-state index in [1.165, 1.54) is 13.2 Å². The van der Waals surface area contributed by atoms with Crippen LogP contribution in [0.2, 0.25) is 0 Å². The third-order valence-electron chi connectivity index (χ3n) is 2.65. The van der Waals surface area contributed by atoms with Crippen LogP contribution in [0.25, 0.3) is 6.08 Å². The topological polar surface area (TPSA) is 84.9 Å². The zero-order chi connectivity index (χ0) is 15.8. The second-order valence-electron chi connectivity index (χ2n) is 4.23. The van der Waals surface area contributed by atoms with Crippen LogP contribution >= 0.6 is 0 Å². The SMILES string of the molecule is CCNC(=O)C(C)Oc1ccc(OC)cc1/C=C/C(=O)O. The molecule has 6 heteroatoms. The summed E-state index contributed by atoms with van der Waals surface area (Å²) in [5, 5.41) is 11.4. The highest BCUT2D eigenvalue weighted by Gasteiger charge is 2.15. The molecule has 1 rings (SSSR count). The van der Waals surface area contributed by atoms with Crippen molar-refractivity contribution in [2.24, 2.45) is 0 Å². The number of ether oxygens (including phenoxy) is 2. The van der Waals surface area contributed by atoms with Crippen LogP contribution in [0, 0.1) is 0 Å². The number of hydrogen-bond donors (Lipinski definition) is 2. The summed E-state index contributed by atoms with van der Waals surface area (Å²) in [4.78, 5) is 22.3. The summed E-state index contributed by atoms with van der Waals surface area (Å²) in [6, 6.07) is 4.95. The average molecular weight is 293 g/mol.